The fourth-order valence-corrected chi connectivity index (χ4v) is 1.57. The first kappa shape index (κ1) is 15.4. The summed E-state index contributed by atoms with van der Waals surface area (Å²) in [5.74, 6) is 0.105. The smallest absolute Gasteiger partial charge is 0.234 e. The van der Waals surface area contributed by atoms with Crippen LogP contribution in [0.25, 0.3) is 0 Å². The van der Waals surface area contributed by atoms with Gasteiger partial charge in [0.05, 0.1) is 6.54 Å². The molecule has 1 amide bonds. The van der Waals surface area contributed by atoms with E-state index in [-0.39, 0.29) is 18.0 Å². The van der Waals surface area contributed by atoms with E-state index in [1.807, 2.05) is 25.8 Å². The molecule has 4 heteroatoms. The van der Waals surface area contributed by atoms with E-state index in [0.29, 0.717) is 6.54 Å². The van der Waals surface area contributed by atoms with E-state index in [1.165, 1.54) is 0 Å². The summed E-state index contributed by atoms with van der Waals surface area (Å²) in [6, 6.07) is 0.476. The number of rotatable bonds is 8. The third-order valence-electron chi connectivity index (χ3n) is 2.51. The lowest BCUT2D eigenvalue weighted by atomic mass is 10.2. The normalized spacial score (nSPS) is 14.9. The molecule has 3 N–H and O–H groups in total. The Labute approximate surface area is 99.6 Å². The molecule has 0 heterocycles. The third kappa shape index (κ3) is 8.68. The van der Waals surface area contributed by atoms with Crippen LogP contribution in [0.15, 0.2) is 0 Å². The first-order valence-corrected chi connectivity index (χ1v) is 6.19. The van der Waals surface area contributed by atoms with Gasteiger partial charge in [-0.25, -0.2) is 0 Å². The molecule has 0 aromatic carbocycles. The number of nitrogens with one attached hydrogen (secondary N) is 1. The van der Waals surface area contributed by atoms with Crippen molar-refractivity contribution in [2.45, 2.75) is 52.1 Å². The lowest BCUT2D eigenvalue weighted by molar-refractivity contribution is -0.122. The van der Waals surface area contributed by atoms with Crippen LogP contribution in [0, 0.1) is 0 Å². The van der Waals surface area contributed by atoms with Gasteiger partial charge in [0.1, 0.15) is 0 Å². The second kappa shape index (κ2) is 8.53. The second-order valence-corrected chi connectivity index (χ2v) is 4.76. The Balaban J connectivity index is 3.69. The minimum atomic E-state index is 0.105. The Hall–Kier alpha value is -0.610. The standard InChI is InChI=1S/C12H27N3O/c1-5-6-11(3)14-12(16)9-15(4)8-7-10(2)13/h10-11H,5-9,13H2,1-4H3,(H,14,16). The zero-order valence-electron chi connectivity index (χ0n) is 11.1. The number of hydrogen-bond donors (Lipinski definition) is 2. The minimum absolute atomic E-state index is 0.105. The SMILES string of the molecule is CCCC(C)NC(=O)CN(C)CCC(C)N. The third-order valence-corrected chi connectivity index (χ3v) is 2.51. The lowest BCUT2D eigenvalue weighted by Crippen LogP contribution is -2.40. The Kier molecular flexibility index (Phi) is 8.21. The van der Waals surface area contributed by atoms with Gasteiger partial charge in [-0.3, -0.25) is 9.69 Å². The van der Waals surface area contributed by atoms with Crippen LogP contribution in [0.4, 0.5) is 0 Å². The zero-order valence-corrected chi connectivity index (χ0v) is 11.1. The van der Waals surface area contributed by atoms with E-state index < -0.39 is 0 Å². The van der Waals surface area contributed by atoms with Gasteiger partial charge in [0.2, 0.25) is 5.91 Å². The van der Waals surface area contributed by atoms with E-state index in [1.54, 1.807) is 0 Å². The molecule has 0 bridgehead atoms. The van der Waals surface area contributed by atoms with Crippen molar-refractivity contribution in [3.8, 4) is 0 Å². The fraction of sp³-hybridized carbons (Fsp3) is 0.917. The Morgan fingerprint density at radius 2 is 2.00 bits per heavy atom. The Morgan fingerprint density at radius 3 is 2.50 bits per heavy atom. The molecule has 0 saturated carbocycles. The summed E-state index contributed by atoms with van der Waals surface area (Å²) in [4.78, 5) is 13.6. The van der Waals surface area contributed by atoms with E-state index in [2.05, 4.69) is 12.2 Å². The van der Waals surface area contributed by atoms with Crippen molar-refractivity contribution < 1.29 is 4.79 Å². The maximum Gasteiger partial charge on any atom is 0.234 e. The second-order valence-electron chi connectivity index (χ2n) is 4.76. The van der Waals surface area contributed by atoms with Gasteiger partial charge in [0, 0.05) is 12.1 Å². The van der Waals surface area contributed by atoms with Crippen molar-refractivity contribution in [3.05, 3.63) is 0 Å². The van der Waals surface area contributed by atoms with Crippen LogP contribution in [0.2, 0.25) is 0 Å². The molecule has 2 unspecified atom stereocenters. The molecule has 0 aromatic heterocycles. The van der Waals surface area contributed by atoms with Crippen LogP contribution < -0.4 is 11.1 Å². The molecule has 0 aromatic rings. The number of likely N-dealkylation sites (N-methyl/N-ethyl adjacent to an activating group) is 1. The number of carbonyl (C=O) groups excluding carboxylic acids is 1. The molecular weight excluding hydrogens is 202 g/mol. The lowest BCUT2D eigenvalue weighted by Gasteiger charge is -2.19. The van der Waals surface area contributed by atoms with Crippen LogP contribution in [0.1, 0.15) is 40.0 Å². The maximum absolute atomic E-state index is 11.6. The number of carbonyl (C=O) groups is 1. The molecule has 0 aliphatic heterocycles. The summed E-state index contributed by atoms with van der Waals surface area (Å²) in [7, 11) is 1.95. The highest BCUT2D eigenvalue weighted by Gasteiger charge is 2.09. The average Bonchev–Trinajstić information content (AvgIpc) is 2.14. The van der Waals surface area contributed by atoms with Gasteiger partial charge in [-0.05, 0) is 40.3 Å². The molecule has 0 aliphatic carbocycles. The van der Waals surface area contributed by atoms with Gasteiger partial charge in [-0.15, -0.1) is 0 Å². The number of amides is 1. The van der Waals surface area contributed by atoms with Crippen LogP contribution >= 0.6 is 0 Å². The molecule has 2 atom stereocenters. The first-order valence-electron chi connectivity index (χ1n) is 6.19. The van der Waals surface area contributed by atoms with Crippen molar-refractivity contribution in [3.63, 3.8) is 0 Å². The highest BCUT2D eigenvalue weighted by atomic mass is 16.2. The van der Waals surface area contributed by atoms with E-state index in [4.69, 9.17) is 5.73 Å². The average molecular weight is 229 g/mol. The van der Waals surface area contributed by atoms with Gasteiger partial charge in [-0.2, -0.15) is 0 Å². The predicted molar refractivity (Wildman–Crippen MR) is 68.3 cm³/mol. The van der Waals surface area contributed by atoms with E-state index in [0.717, 1.165) is 25.8 Å². The summed E-state index contributed by atoms with van der Waals surface area (Å²) in [6.45, 7) is 7.48. The van der Waals surface area contributed by atoms with Crippen molar-refractivity contribution in [1.82, 2.24) is 10.2 Å². The van der Waals surface area contributed by atoms with Gasteiger partial charge in [0.15, 0.2) is 0 Å². The van der Waals surface area contributed by atoms with Crippen LogP contribution in [-0.2, 0) is 4.79 Å². The van der Waals surface area contributed by atoms with E-state index >= 15 is 0 Å². The molecule has 0 radical (unpaired) electrons. The molecule has 96 valence electrons. The highest BCUT2D eigenvalue weighted by molar-refractivity contribution is 5.78. The summed E-state index contributed by atoms with van der Waals surface area (Å²) < 4.78 is 0. The number of hydrogen-bond acceptors (Lipinski definition) is 3. The van der Waals surface area contributed by atoms with Crippen LogP contribution in [-0.4, -0.2) is 43.0 Å². The van der Waals surface area contributed by atoms with Gasteiger partial charge >= 0.3 is 0 Å². The first-order chi connectivity index (χ1) is 7.45. The van der Waals surface area contributed by atoms with Gasteiger partial charge in [0.25, 0.3) is 0 Å². The minimum Gasteiger partial charge on any atom is -0.353 e. The van der Waals surface area contributed by atoms with Crippen LogP contribution in [0.5, 0.6) is 0 Å². The number of nitrogens with zero attached hydrogens (tertiary/aromatic N) is 1. The van der Waals surface area contributed by atoms with Crippen molar-refractivity contribution in [2.24, 2.45) is 5.73 Å². The largest absolute Gasteiger partial charge is 0.353 e. The maximum atomic E-state index is 11.6. The number of nitrogens with two attached hydrogens (primary N) is 1. The highest BCUT2D eigenvalue weighted by Crippen LogP contribution is 1.95. The Morgan fingerprint density at radius 1 is 1.38 bits per heavy atom. The fourth-order valence-electron chi connectivity index (χ4n) is 1.57. The summed E-state index contributed by atoms with van der Waals surface area (Å²) >= 11 is 0. The van der Waals surface area contributed by atoms with Crippen molar-refractivity contribution >= 4 is 5.91 Å². The zero-order chi connectivity index (χ0) is 12.6. The van der Waals surface area contributed by atoms with Crippen molar-refractivity contribution in [2.75, 3.05) is 20.1 Å². The molecule has 0 aliphatic rings. The van der Waals surface area contributed by atoms with Crippen LogP contribution in [0.3, 0.4) is 0 Å². The molecular formula is C12H27N3O. The molecule has 0 saturated heterocycles. The van der Waals surface area contributed by atoms with Gasteiger partial charge in [-0.1, -0.05) is 13.3 Å². The topological polar surface area (TPSA) is 58.4 Å². The Bertz CT molecular complexity index is 195. The molecule has 0 spiro atoms. The monoisotopic (exact) mass is 229 g/mol. The summed E-state index contributed by atoms with van der Waals surface area (Å²) in [6.07, 6.45) is 3.06. The molecule has 4 nitrogen and oxygen atoms in total. The quantitative estimate of drug-likeness (QED) is 0.652. The molecule has 16 heavy (non-hydrogen) atoms. The van der Waals surface area contributed by atoms with Gasteiger partial charge < -0.3 is 11.1 Å². The summed E-state index contributed by atoms with van der Waals surface area (Å²) in [5, 5.41) is 2.99. The predicted octanol–water partition coefficient (Wildman–Crippen LogP) is 0.960. The summed E-state index contributed by atoms with van der Waals surface area (Å²) in [5.41, 5.74) is 5.66. The molecule has 0 rings (SSSR count). The molecule has 0 fully saturated rings. The van der Waals surface area contributed by atoms with E-state index in [9.17, 15) is 4.79 Å². The van der Waals surface area contributed by atoms with Crippen molar-refractivity contribution in [1.29, 1.82) is 0 Å².